The van der Waals surface area contributed by atoms with Crippen molar-refractivity contribution in [3.05, 3.63) is 29.7 Å². The number of carbonyl (C=O) groups excluding carboxylic acids is 2. The van der Waals surface area contributed by atoms with E-state index < -0.39 is 5.91 Å². The van der Waals surface area contributed by atoms with Crippen molar-refractivity contribution in [2.75, 3.05) is 18.0 Å². The highest BCUT2D eigenvalue weighted by Gasteiger charge is 2.27. The van der Waals surface area contributed by atoms with Crippen LogP contribution in [0.4, 0.5) is 5.82 Å². The van der Waals surface area contributed by atoms with Crippen LogP contribution in [0.3, 0.4) is 0 Å². The fourth-order valence-corrected chi connectivity index (χ4v) is 2.39. The molecule has 8 heteroatoms. The van der Waals surface area contributed by atoms with Crippen LogP contribution in [-0.2, 0) is 4.79 Å². The molecule has 0 bridgehead atoms. The van der Waals surface area contributed by atoms with Crippen molar-refractivity contribution in [2.24, 2.45) is 5.73 Å². The van der Waals surface area contributed by atoms with E-state index in [1.807, 2.05) is 4.90 Å². The Balaban J connectivity index is 2.14. The second-order valence-corrected chi connectivity index (χ2v) is 4.75. The lowest BCUT2D eigenvalue weighted by molar-refractivity contribution is -0.117. The van der Waals surface area contributed by atoms with E-state index in [2.05, 4.69) is 21.9 Å². The summed E-state index contributed by atoms with van der Waals surface area (Å²) in [5.41, 5.74) is 5.19. The molecule has 106 valence electrons. The van der Waals surface area contributed by atoms with Crippen LogP contribution in [0.15, 0.2) is 19.0 Å². The number of nitrogens with two attached hydrogens (primary N) is 1. The van der Waals surface area contributed by atoms with Crippen LogP contribution in [0, 0.1) is 0 Å². The molecule has 1 aromatic heterocycles. The highest BCUT2D eigenvalue weighted by Crippen LogP contribution is 2.28. The van der Waals surface area contributed by atoms with Crippen molar-refractivity contribution >= 4 is 29.2 Å². The van der Waals surface area contributed by atoms with Gasteiger partial charge in [-0.2, -0.15) is 0 Å². The molecule has 1 aliphatic heterocycles. The molecule has 0 saturated carbocycles. The third kappa shape index (κ3) is 2.88. The number of anilines is 1. The molecule has 2 amide bonds. The van der Waals surface area contributed by atoms with E-state index in [0.29, 0.717) is 18.9 Å². The normalized spacial score (nSPS) is 17.9. The Morgan fingerprint density at radius 3 is 2.95 bits per heavy atom. The van der Waals surface area contributed by atoms with Crippen LogP contribution < -0.4 is 16.0 Å². The summed E-state index contributed by atoms with van der Waals surface area (Å²) in [5, 5.41) is 2.94. The molecule has 20 heavy (non-hydrogen) atoms. The van der Waals surface area contributed by atoms with E-state index in [1.54, 1.807) is 0 Å². The summed E-state index contributed by atoms with van der Waals surface area (Å²) >= 11 is 6.09. The summed E-state index contributed by atoms with van der Waals surface area (Å²) in [6.07, 6.45) is 3.23. The van der Waals surface area contributed by atoms with Gasteiger partial charge >= 0.3 is 0 Å². The lowest BCUT2D eigenvalue weighted by Gasteiger charge is -2.19. The second-order valence-electron chi connectivity index (χ2n) is 4.37. The van der Waals surface area contributed by atoms with Gasteiger partial charge in [0.15, 0.2) is 11.5 Å². The van der Waals surface area contributed by atoms with Crippen LogP contribution in [0.2, 0.25) is 5.02 Å². The van der Waals surface area contributed by atoms with Gasteiger partial charge in [-0.3, -0.25) is 9.59 Å². The van der Waals surface area contributed by atoms with Crippen LogP contribution in [0.1, 0.15) is 16.9 Å². The quantitative estimate of drug-likeness (QED) is 0.768. The van der Waals surface area contributed by atoms with E-state index in [0.717, 1.165) is 6.42 Å². The van der Waals surface area contributed by atoms with Crippen molar-refractivity contribution in [1.29, 1.82) is 0 Å². The SMILES string of the molecule is C=CC(=O)N[C@H]1CCN(c2ncnc(C(N)=O)c2Cl)C1. The number of hydrogen-bond acceptors (Lipinski definition) is 5. The number of primary amides is 1. The van der Waals surface area contributed by atoms with Crippen molar-refractivity contribution in [1.82, 2.24) is 15.3 Å². The van der Waals surface area contributed by atoms with Crippen LogP contribution >= 0.6 is 11.6 Å². The maximum atomic E-state index is 11.3. The zero-order chi connectivity index (χ0) is 14.7. The van der Waals surface area contributed by atoms with Gasteiger partial charge in [-0.05, 0) is 12.5 Å². The molecule has 1 aromatic rings. The average Bonchev–Trinajstić information content (AvgIpc) is 2.86. The smallest absolute Gasteiger partial charge is 0.269 e. The Morgan fingerprint density at radius 1 is 1.55 bits per heavy atom. The van der Waals surface area contributed by atoms with Gasteiger partial charge in [0.2, 0.25) is 5.91 Å². The maximum Gasteiger partial charge on any atom is 0.269 e. The van der Waals surface area contributed by atoms with Crippen molar-refractivity contribution in [2.45, 2.75) is 12.5 Å². The lowest BCUT2D eigenvalue weighted by atomic mass is 10.2. The zero-order valence-corrected chi connectivity index (χ0v) is 11.4. The Bertz CT molecular complexity index is 563. The summed E-state index contributed by atoms with van der Waals surface area (Å²) in [6.45, 7) is 4.62. The standard InChI is InChI=1S/C12H14ClN5O2/c1-2-8(19)17-7-3-4-18(5-7)12-9(13)10(11(14)20)15-6-16-12/h2,6-7H,1,3-5H2,(H2,14,20)(H,17,19)/t7-/m0/s1. The largest absolute Gasteiger partial charge is 0.364 e. The minimum absolute atomic E-state index is 0.00440. The first-order chi connectivity index (χ1) is 9.52. The Morgan fingerprint density at radius 2 is 2.30 bits per heavy atom. The summed E-state index contributed by atoms with van der Waals surface area (Å²) in [6, 6.07) is -0.0106. The molecule has 0 aromatic carbocycles. The molecule has 2 rings (SSSR count). The third-order valence-electron chi connectivity index (χ3n) is 3.02. The highest BCUT2D eigenvalue weighted by atomic mass is 35.5. The number of nitrogens with zero attached hydrogens (tertiary/aromatic N) is 3. The number of nitrogens with one attached hydrogen (secondary N) is 1. The molecule has 1 fully saturated rings. The second kappa shape index (κ2) is 5.87. The van der Waals surface area contributed by atoms with E-state index >= 15 is 0 Å². The van der Waals surface area contributed by atoms with Gasteiger partial charge in [0.1, 0.15) is 11.3 Å². The van der Waals surface area contributed by atoms with Crippen LogP contribution in [0.5, 0.6) is 0 Å². The molecular weight excluding hydrogens is 282 g/mol. The molecule has 0 radical (unpaired) electrons. The summed E-state index contributed by atoms with van der Waals surface area (Å²) in [7, 11) is 0. The minimum Gasteiger partial charge on any atom is -0.364 e. The first-order valence-electron chi connectivity index (χ1n) is 6.01. The van der Waals surface area contributed by atoms with Gasteiger partial charge in [0, 0.05) is 19.1 Å². The Kier molecular flexibility index (Phi) is 4.19. The fourth-order valence-electron chi connectivity index (χ4n) is 2.08. The molecule has 3 N–H and O–H groups in total. The van der Waals surface area contributed by atoms with Crippen molar-refractivity contribution in [3.63, 3.8) is 0 Å². The molecule has 1 atom stereocenters. The van der Waals surface area contributed by atoms with Gasteiger partial charge < -0.3 is 16.0 Å². The summed E-state index contributed by atoms with van der Waals surface area (Å²) in [5.74, 6) is -0.469. The summed E-state index contributed by atoms with van der Waals surface area (Å²) < 4.78 is 0. The van der Waals surface area contributed by atoms with Crippen molar-refractivity contribution in [3.8, 4) is 0 Å². The van der Waals surface area contributed by atoms with E-state index in [1.165, 1.54) is 12.4 Å². The van der Waals surface area contributed by atoms with Crippen LogP contribution in [-0.4, -0.2) is 40.9 Å². The number of halogens is 1. The number of hydrogen-bond donors (Lipinski definition) is 2. The van der Waals surface area contributed by atoms with Gasteiger partial charge in [-0.25, -0.2) is 9.97 Å². The fraction of sp³-hybridized carbons (Fsp3) is 0.333. The molecule has 0 unspecified atom stereocenters. The van der Waals surface area contributed by atoms with Gasteiger partial charge in [0.05, 0.1) is 0 Å². The van der Waals surface area contributed by atoms with E-state index in [4.69, 9.17) is 17.3 Å². The van der Waals surface area contributed by atoms with Gasteiger partial charge in [-0.15, -0.1) is 0 Å². The van der Waals surface area contributed by atoms with Gasteiger partial charge in [-0.1, -0.05) is 18.2 Å². The number of amides is 2. The topological polar surface area (TPSA) is 101 Å². The maximum absolute atomic E-state index is 11.3. The predicted octanol–water partition coefficient (Wildman–Crippen LogP) is 0.110. The monoisotopic (exact) mass is 295 g/mol. The minimum atomic E-state index is -0.700. The number of rotatable bonds is 4. The first-order valence-corrected chi connectivity index (χ1v) is 6.39. The third-order valence-corrected chi connectivity index (χ3v) is 3.37. The van der Waals surface area contributed by atoms with E-state index in [-0.39, 0.29) is 22.7 Å². The molecule has 7 nitrogen and oxygen atoms in total. The van der Waals surface area contributed by atoms with Crippen LogP contribution in [0.25, 0.3) is 0 Å². The average molecular weight is 296 g/mol. The zero-order valence-electron chi connectivity index (χ0n) is 10.7. The predicted molar refractivity (Wildman–Crippen MR) is 74.5 cm³/mol. The molecule has 1 aliphatic rings. The molecular formula is C12H14ClN5O2. The highest BCUT2D eigenvalue weighted by molar-refractivity contribution is 6.35. The number of carbonyl (C=O) groups is 2. The van der Waals surface area contributed by atoms with Gasteiger partial charge in [0.25, 0.3) is 5.91 Å². The molecule has 2 heterocycles. The Hall–Kier alpha value is -2.15. The summed E-state index contributed by atoms with van der Waals surface area (Å²) in [4.78, 5) is 32.2. The Labute approximate surface area is 120 Å². The molecule has 1 saturated heterocycles. The number of aromatic nitrogens is 2. The van der Waals surface area contributed by atoms with Crippen molar-refractivity contribution < 1.29 is 9.59 Å². The van der Waals surface area contributed by atoms with E-state index in [9.17, 15) is 9.59 Å². The molecule has 0 aliphatic carbocycles. The lowest BCUT2D eigenvalue weighted by Crippen LogP contribution is -2.36. The first kappa shape index (κ1) is 14.3. The molecule has 0 spiro atoms.